The smallest absolute Gasteiger partial charge is 0.247 e. The summed E-state index contributed by atoms with van der Waals surface area (Å²) in [5.74, 6) is -0.421. The van der Waals surface area contributed by atoms with Gasteiger partial charge in [-0.25, -0.2) is 0 Å². The van der Waals surface area contributed by atoms with Crippen molar-refractivity contribution < 1.29 is 19.2 Å². The number of amides is 4. The van der Waals surface area contributed by atoms with Crippen molar-refractivity contribution in [3.05, 3.63) is 120 Å². The summed E-state index contributed by atoms with van der Waals surface area (Å²) in [7, 11) is 0. The number of rotatable bonds is 12. The van der Waals surface area contributed by atoms with E-state index in [1.54, 1.807) is 9.80 Å². The second kappa shape index (κ2) is 16.5. The second-order valence-corrected chi connectivity index (χ2v) is 14.2. The van der Waals surface area contributed by atoms with Gasteiger partial charge in [0, 0.05) is 41.1 Å². The maximum absolute atomic E-state index is 14.1. The number of fused-ring (bicyclic) bond motifs is 1. The van der Waals surface area contributed by atoms with Crippen LogP contribution in [-0.4, -0.2) is 81.6 Å². The fourth-order valence-electron chi connectivity index (χ4n) is 7.95. The number of nitrogens with zero attached hydrogens (tertiary/aromatic N) is 3. The molecule has 10 heteroatoms. The summed E-state index contributed by atoms with van der Waals surface area (Å²) in [4.78, 5) is 63.2. The van der Waals surface area contributed by atoms with Gasteiger partial charge in [0.2, 0.25) is 23.6 Å². The van der Waals surface area contributed by atoms with E-state index in [9.17, 15) is 19.2 Å². The zero-order valence-electron chi connectivity index (χ0n) is 31.0. The van der Waals surface area contributed by atoms with Crippen molar-refractivity contribution in [2.45, 2.75) is 64.1 Å². The fourth-order valence-corrected chi connectivity index (χ4v) is 7.95. The van der Waals surface area contributed by atoms with Crippen molar-refractivity contribution in [1.82, 2.24) is 19.7 Å². The molecular weight excluding hydrogens is 677 g/mol. The number of likely N-dealkylation sites (tertiary alicyclic amines) is 2. The number of hydrogen-bond donors (Lipinski definition) is 3. The number of likely N-dealkylation sites (N-methyl/N-ethyl adjacent to an activating group) is 1. The Bertz CT molecular complexity index is 2090. The van der Waals surface area contributed by atoms with E-state index in [1.807, 2.05) is 109 Å². The Balaban J connectivity index is 0.988. The van der Waals surface area contributed by atoms with Crippen LogP contribution in [0.5, 0.6) is 0 Å². The first-order chi connectivity index (χ1) is 26.3. The van der Waals surface area contributed by atoms with Gasteiger partial charge in [-0.3, -0.25) is 24.1 Å². The van der Waals surface area contributed by atoms with E-state index in [0.717, 1.165) is 59.2 Å². The van der Waals surface area contributed by atoms with Gasteiger partial charge in [0.1, 0.15) is 18.1 Å². The maximum Gasteiger partial charge on any atom is 0.247 e. The molecule has 3 heterocycles. The van der Waals surface area contributed by atoms with Crippen molar-refractivity contribution in [3.8, 4) is 11.3 Å². The Morgan fingerprint density at radius 3 is 1.98 bits per heavy atom. The molecule has 10 nitrogen and oxygen atoms in total. The summed E-state index contributed by atoms with van der Waals surface area (Å²) >= 11 is 0. The molecule has 0 spiro atoms. The van der Waals surface area contributed by atoms with E-state index >= 15 is 0 Å². The van der Waals surface area contributed by atoms with Gasteiger partial charge in [-0.1, -0.05) is 86.6 Å². The number of aromatic amines is 1. The van der Waals surface area contributed by atoms with Gasteiger partial charge in [0.05, 0.1) is 6.42 Å². The molecule has 2 saturated heterocycles. The molecular formula is C44H48N6O4. The summed E-state index contributed by atoms with van der Waals surface area (Å²) < 4.78 is 0. The van der Waals surface area contributed by atoms with E-state index in [1.165, 1.54) is 0 Å². The van der Waals surface area contributed by atoms with Crippen LogP contribution in [0.2, 0.25) is 0 Å². The Kier molecular flexibility index (Phi) is 11.2. The lowest BCUT2D eigenvalue weighted by atomic mass is 10.0. The molecule has 0 saturated carbocycles. The zero-order valence-corrected chi connectivity index (χ0v) is 31.0. The molecule has 4 aromatic carbocycles. The molecule has 5 aromatic rings. The van der Waals surface area contributed by atoms with E-state index < -0.39 is 18.1 Å². The Morgan fingerprint density at radius 2 is 1.31 bits per heavy atom. The maximum atomic E-state index is 14.1. The highest BCUT2D eigenvalue weighted by Gasteiger charge is 2.39. The summed E-state index contributed by atoms with van der Waals surface area (Å²) in [5.41, 5.74) is 5.97. The van der Waals surface area contributed by atoms with E-state index in [-0.39, 0.29) is 30.0 Å². The largest absolute Gasteiger partial charge is 0.355 e. The number of aromatic nitrogens is 1. The quantitative estimate of drug-likeness (QED) is 0.128. The van der Waals surface area contributed by atoms with Crippen molar-refractivity contribution in [2.24, 2.45) is 0 Å². The van der Waals surface area contributed by atoms with Crippen LogP contribution in [0.1, 0.15) is 56.7 Å². The lowest BCUT2D eigenvalue weighted by Gasteiger charge is -2.34. The molecule has 3 N–H and O–H groups in total. The van der Waals surface area contributed by atoms with E-state index in [4.69, 9.17) is 0 Å². The van der Waals surface area contributed by atoms with Gasteiger partial charge in [0.25, 0.3) is 0 Å². The Morgan fingerprint density at radius 1 is 0.722 bits per heavy atom. The molecule has 4 amide bonds. The number of carbonyl (C=O) groups is 4. The van der Waals surface area contributed by atoms with Gasteiger partial charge in [-0.05, 0) is 91.9 Å². The molecule has 0 aliphatic carbocycles. The van der Waals surface area contributed by atoms with Crippen LogP contribution in [0.3, 0.4) is 0 Å². The minimum Gasteiger partial charge on any atom is -0.355 e. The third-order valence-corrected chi connectivity index (χ3v) is 10.8. The van der Waals surface area contributed by atoms with Crippen LogP contribution in [0.4, 0.5) is 11.4 Å². The summed E-state index contributed by atoms with van der Waals surface area (Å²) in [5, 5.41) is 7.04. The SMILES string of the molecule is CCN(CC)[C@@H](C(=O)N1CCC[C@H]1C(=O)Nc1ccc2[nH]c(-c3ccc(NC(=O)[C@@H]4CCCN4C(=O)Cc4ccccc4)cc3)cc2c1)c1ccccc1. The molecule has 7 rings (SSSR count). The first kappa shape index (κ1) is 36.6. The number of H-pyrrole nitrogens is 1. The Labute approximate surface area is 316 Å². The van der Waals surface area contributed by atoms with E-state index in [2.05, 4.69) is 34.4 Å². The van der Waals surface area contributed by atoms with Crippen molar-refractivity contribution in [2.75, 3.05) is 36.8 Å². The highest BCUT2D eigenvalue weighted by atomic mass is 16.2. The highest BCUT2D eigenvalue weighted by molar-refractivity contribution is 6.00. The van der Waals surface area contributed by atoms with Crippen LogP contribution >= 0.6 is 0 Å². The zero-order chi connectivity index (χ0) is 37.6. The summed E-state index contributed by atoms with van der Waals surface area (Å²) in [6.07, 6.45) is 3.12. The van der Waals surface area contributed by atoms with Gasteiger partial charge in [0.15, 0.2) is 0 Å². The number of nitrogens with one attached hydrogen (secondary N) is 3. The molecule has 0 radical (unpaired) electrons. The summed E-state index contributed by atoms with van der Waals surface area (Å²) in [6, 6.07) is 33.4. The number of anilines is 2. The lowest BCUT2D eigenvalue weighted by Crippen LogP contribution is -2.48. The summed E-state index contributed by atoms with van der Waals surface area (Å²) in [6.45, 7) is 6.70. The third-order valence-electron chi connectivity index (χ3n) is 10.8. The number of hydrogen-bond acceptors (Lipinski definition) is 5. The average Bonchev–Trinajstić information content (AvgIpc) is 3.98. The molecule has 2 aliphatic heterocycles. The predicted octanol–water partition coefficient (Wildman–Crippen LogP) is 7.02. The van der Waals surface area contributed by atoms with Crippen LogP contribution in [0.25, 0.3) is 22.2 Å². The monoisotopic (exact) mass is 724 g/mol. The number of carbonyl (C=O) groups excluding carboxylic acids is 4. The fraction of sp³-hybridized carbons (Fsp3) is 0.318. The molecule has 54 heavy (non-hydrogen) atoms. The third kappa shape index (κ3) is 7.94. The minimum absolute atomic E-state index is 0.0332. The normalized spacial score (nSPS) is 17.5. The minimum atomic E-state index is -0.540. The lowest BCUT2D eigenvalue weighted by molar-refractivity contribution is -0.141. The first-order valence-electron chi connectivity index (χ1n) is 19.1. The van der Waals surface area contributed by atoms with Crippen LogP contribution in [0, 0.1) is 0 Å². The van der Waals surface area contributed by atoms with Gasteiger partial charge < -0.3 is 25.4 Å². The topological polar surface area (TPSA) is 118 Å². The van der Waals surface area contributed by atoms with Crippen LogP contribution in [0.15, 0.2) is 109 Å². The molecule has 2 aliphatic rings. The van der Waals surface area contributed by atoms with E-state index in [0.29, 0.717) is 37.3 Å². The Hall–Kier alpha value is -5.74. The van der Waals surface area contributed by atoms with Crippen LogP contribution < -0.4 is 10.6 Å². The second-order valence-electron chi connectivity index (χ2n) is 14.2. The number of benzene rings is 4. The van der Waals surface area contributed by atoms with Crippen LogP contribution in [-0.2, 0) is 25.6 Å². The molecule has 0 unspecified atom stereocenters. The predicted molar refractivity (Wildman–Crippen MR) is 213 cm³/mol. The molecule has 1 aromatic heterocycles. The molecule has 2 fully saturated rings. The van der Waals surface area contributed by atoms with Crippen molar-refractivity contribution >= 4 is 45.9 Å². The molecule has 3 atom stereocenters. The van der Waals surface area contributed by atoms with Crippen molar-refractivity contribution in [3.63, 3.8) is 0 Å². The van der Waals surface area contributed by atoms with Gasteiger partial charge >= 0.3 is 0 Å². The van der Waals surface area contributed by atoms with Crippen molar-refractivity contribution in [1.29, 1.82) is 0 Å². The average molecular weight is 725 g/mol. The van der Waals surface area contributed by atoms with Gasteiger partial charge in [-0.15, -0.1) is 0 Å². The molecule has 0 bridgehead atoms. The van der Waals surface area contributed by atoms with Gasteiger partial charge in [-0.2, -0.15) is 0 Å². The standard InChI is InChI=1S/C44H48N6O4/c1-3-48(4-2)41(32-15-9-6-10-16-32)44(54)50-26-12-18-39(50)43(53)46-35-23-24-36-33(28-35)29-37(47-36)31-19-21-34(22-20-31)45-42(52)38-17-11-25-49(38)40(51)27-30-13-7-5-8-14-30/h5-10,13-16,19-24,28-29,38-39,41,47H,3-4,11-12,17-18,25-27H2,1-2H3,(H,45,52)(H,46,53)/t38-,39-,41+/m0/s1. The first-order valence-corrected chi connectivity index (χ1v) is 19.1. The molecule has 278 valence electrons. The highest BCUT2D eigenvalue weighted by Crippen LogP contribution is 2.31.